The van der Waals surface area contributed by atoms with E-state index in [0.29, 0.717) is 55.6 Å². The van der Waals surface area contributed by atoms with Crippen LogP contribution in [0.15, 0.2) is 48.5 Å². The molecule has 4 heterocycles. The number of nitrogens with one attached hydrogen (secondary N) is 1. The van der Waals surface area contributed by atoms with Crippen LogP contribution in [0.3, 0.4) is 0 Å². The number of rotatable bonds is 8. The Hall–Kier alpha value is -3.35. The van der Waals surface area contributed by atoms with Crippen LogP contribution in [0.1, 0.15) is 55.4 Å². The molecule has 3 aliphatic rings. The highest BCUT2D eigenvalue weighted by Crippen LogP contribution is 2.42. The number of benzene rings is 2. The van der Waals surface area contributed by atoms with Gasteiger partial charge in [-0.2, -0.15) is 4.31 Å². The number of hydrogen-bond donors (Lipinski definition) is 1. The third kappa shape index (κ3) is 6.18. The first-order valence-electron chi connectivity index (χ1n) is 14.9. The summed E-state index contributed by atoms with van der Waals surface area (Å²) < 4.78 is 55.2. The monoisotopic (exact) mass is 612 g/mol. The number of aryl methyl sites for hydroxylation is 1. The molecule has 0 spiro atoms. The predicted molar refractivity (Wildman–Crippen MR) is 161 cm³/mol. The maximum atomic E-state index is 13.6. The van der Waals surface area contributed by atoms with Crippen molar-refractivity contribution < 1.29 is 22.0 Å². The number of anilines is 2. The fourth-order valence-corrected chi connectivity index (χ4v) is 7.98. The second kappa shape index (κ2) is 12.0. The Morgan fingerprint density at radius 1 is 0.977 bits per heavy atom. The number of aromatic nitrogens is 2. The number of carbonyl (C=O) groups excluding carboxylic acids is 1. The second-order valence-corrected chi connectivity index (χ2v) is 13.9. The summed E-state index contributed by atoms with van der Waals surface area (Å²) in [6.07, 6.45) is 7.09. The first kappa shape index (κ1) is 29.7. The summed E-state index contributed by atoms with van der Waals surface area (Å²) >= 11 is 0. The molecule has 43 heavy (non-hydrogen) atoms. The summed E-state index contributed by atoms with van der Waals surface area (Å²) in [5.74, 6) is 0.166. The SMILES string of the molecule is Cc1nc2c(n1C1C[C@H]3CC[C@@H](C1)N3CCCNC(=O)N(c1ccc(F)cc1)c1ccc(F)cc1)CCN(S(C)(=O)=O)C2. The van der Waals surface area contributed by atoms with Crippen molar-refractivity contribution in [3.05, 3.63) is 77.4 Å². The van der Waals surface area contributed by atoms with Gasteiger partial charge in [-0.1, -0.05) is 0 Å². The normalized spacial score (nSPS) is 22.4. The molecule has 0 radical (unpaired) electrons. The fourth-order valence-electron chi connectivity index (χ4n) is 7.21. The van der Waals surface area contributed by atoms with Crippen LogP contribution in [0.25, 0.3) is 0 Å². The molecule has 1 N–H and O–H groups in total. The lowest BCUT2D eigenvalue weighted by atomic mass is 9.96. The molecule has 1 aromatic heterocycles. The molecule has 2 saturated heterocycles. The number of nitrogens with zero attached hydrogens (tertiary/aromatic N) is 5. The van der Waals surface area contributed by atoms with Gasteiger partial charge < -0.3 is 9.88 Å². The molecule has 0 saturated carbocycles. The first-order chi connectivity index (χ1) is 20.6. The summed E-state index contributed by atoms with van der Waals surface area (Å²) in [5, 5.41) is 3.00. The maximum absolute atomic E-state index is 13.6. The molecular formula is C31H38F2N6O3S. The van der Waals surface area contributed by atoms with Crippen LogP contribution in [0, 0.1) is 18.6 Å². The van der Waals surface area contributed by atoms with E-state index in [4.69, 9.17) is 4.98 Å². The van der Waals surface area contributed by atoms with Crippen LogP contribution in [0.5, 0.6) is 0 Å². The Morgan fingerprint density at radius 3 is 2.12 bits per heavy atom. The zero-order chi connectivity index (χ0) is 30.3. The third-order valence-corrected chi connectivity index (χ3v) is 10.4. The number of halogens is 2. The van der Waals surface area contributed by atoms with E-state index in [2.05, 4.69) is 14.8 Å². The minimum Gasteiger partial charge on any atom is -0.337 e. The Kier molecular flexibility index (Phi) is 8.27. The predicted octanol–water partition coefficient (Wildman–Crippen LogP) is 4.89. The quantitative estimate of drug-likeness (QED) is 0.366. The zero-order valence-electron chi connectivity index (χ0n) is 24.5. The van der Waals surface area contributed by atoms with E-state index in [1.807, 2.05) is 6.92 Å². The summed E-state index contributed by atoms with van der Waals surface area (Å²) in [4.78, 5) is 22.1. The molecule has 3 aliphatic heterocycles. The fraction of sp³-hybridized carbons (Fsp3) is 0.484. The van der Waals surface area contributed by atoms with Gasteiger partial charge >= 0.3 is 6.03 Å². The van der Waals surface area contributed by atoms with Crippen molar-refractivity contribution in [1.29, 1.82) is 0 Å². The van der Waals surface area contributed by atoms with E-state index in [9.17, 15) is 22.0 Å². The van der Waals surface area contributed by atoms with Gasteiger partial charge in [-0.05, 0) is 87.6 Å². The molecule has 1 unspecified atom stereocenters. The van der Waals surface area contributed by atoms with Gasteiger partial charge in [0.1, 0.15) is 17.5 Å². The van der Waals surface area contributed by atoms with Crippen molar-refractivity contribution >= 4 is 27.4 Å². The average molecular weight is 613 g/mol. The number of imidazole rings is 1. The number of carbonyl (C=O) groups is 1. The molecular weight excluding hydrogens is 574 g/mol. The van der Waals surface area contributed by atoms with Crippen molar-refractivity contribution in [3.8, 4) is 0 Å². The molecule has 0 aliphatic carbocycles. The van der Waals surface area contributed by atoms with Gasteiger partial charge in [-0.3, -0.25) is 9.80 Å². The Labute approximate surface area is 251 Å². The first-order valence-corrected chi connectivity index (χ1v) is 16.8. The minimum atomic E-state index is -3.24. The molecule has 2 fully saturated rings. The van der Waals surface area contributed by atoms with Crippen LogP contribution in [-0.4, -0.2) is 71.2 Å². The molecule has 230 valence electrons. The Morgan fingerprint density at radius 2 is 1.56 bits per heavy atom. The van der Waals surface area contributed by atoms with E-state index < -0.39 is 21.7 Å². The molecule has 2 bridgehead atoms. The van der Waals surface area contributed by atoms with E-state index >= 15 is 0 Å². The summed E-state index contributed by atoms with van der Waals surface area (Å²) in [6.45, 7) is 4.22. The summed E-state index contributed by atoms with van der Waals surface area (Å²) in [6, 6.07) is 12.2. The van der Waals surface area contributed by atoms with Gasteiger partial charge in [0.15, 0.2) is 0 Å². The van der Waals surface area contributed by atoms with E-state index in [-0.39, 0.29) is 6.03 Å². The van der Waals surface area contributed by atoms with E-state index in [1.54, 1.807) is 0 Å². The lowest BCUT2D eigenvalue weighted by molar-refractivity contribution is 0.104. The van der Waals surface area contributed by atoms with Gasteiger partial charge in [0.2, 0.25) is 10.0 Å². The topological polar surface area (TPSA) is 90.8 Å². The van der Waals surface area contributed by atoms with Crippen molar-refractivity contribution in [3.63, 3.8) is 0 Å². The van der Waals surface area contributed by atoms with Gasteiger partial charge in [-0.25, -0.2) is 27.0 Å². The van der Waals surface area contributed by atoms with E-state index in [0.717, 1.165) is 50.2 Å². The number of piperidine rings is 1. The smallest absolute Gasteiger partial charge is 0.326 e. The molecule has 2 amide bonds. The number of hydrogen-bond acceptors (Lipinski definition) is 5. The number of amides is 2. The molecule has 3 aromatic rings. The molecule has 6 rings (SSSR count). The van der Waals surface area contributed by atoms with Crippen LogP contribution in [0.2, 0.25) is 0 Å². The standard InChI is InChI=1S/C31H38F2N6O3S/c1-21-35-29-20-36(43(2,41)42)17-14-30(29)38(21)28-18-26-12-13-27(19-28)37(26)16-3-15-34-31(40)39(24-8-4-22(32)5-9-24)25-10-6-23(33)7-11-25/h4-11,26-28H,3,12-20H2,1-2H3,(H,34,40)/t26-,27+,28?. The van der Waals surface area contributed by atoms with E-state index in [1.165, 1.54) is 69.7 Å². The van der Waals surface area contributed by atoms with Gasteiger partial charge in [0.25, 0.3) is 0 Å². The van der Waals surface area contributed by atoms with Crippen LogP contribution >= 0.6 is 0 Å². The summed E-state index contributed by atoms with van der Waals surface area (Å²) in [7, 11) is -3.24. The van der Waals surface area contributed by atoms with Crippen molar-refractivity contribution in [2.75, 3.05) is 30.8 Å². The average Bonchev–Trinajstić information content (AvgIpc) is 3.42. The van der Waals surface area contributed by atoms with Gasteiger partial charge in [0.05, 0.1) is 29.9 Å². The summed E-state index contributed by atoms with van der Waals surface area (Å²) in [5.41, 5.74) is 3.05. The van der Waals surface area contributed by atoms with Crippen LogP contribution < -0.4 is 10.2 Å². The Balaban J connectivity index is 1.06. The lowest BCUT2D eigenvalue weighted by Gasteiger charge is -2.40. The number of sulfonamides is 1. The maximum Gasteiger partial charge on any atom is 0.326 e. The highest BCUT2D eigenvalue weighted by Gasteiger charge is 2.42. The van der Waals surface area contributed by atoms with Crippen molar-refractivity contribution in [2.45, 2.75) is 70.1 Å². The molecule has 2 aromatic carbocycles. The molecule has 9 nitrogen and oxygen atoms in total. The van der Waals surface area contributed by atoms with Crippen molar-refractivity contribution in [1.82, 2.24) is 24.1 Å². The Bertz CT molecular complexity index is 1520. The van der Waals surface area contributed by atoms with Gasteiger partial charge in [0, 0.05) is 49.9 Å². The molecule has 12 heteroatoms. The lowest BCUT2D eigenvalue weighted by Crippen LogP contribution is -2.45. The minimum absolute atomic E-state index is 0.346. The number of fused-ring (bicyclic) bond motifs is 3. The third-order valence-electron chi connectivity index (χ3n) is 9.13. The van der Waals surface area contributed by atoms with Crippen LogP contribution in [-0.2, 0) is 23.0 Å². The largest absolute Gasteiger partial charge is 0.337 e. The van der Waals surface area contributed by atoms with Gasteiger partial charge in [-0.15, -0.1) is 0 Å². The highest BCUT2D eigenvalue weighted by molar-refractivity contribution is 7.88. The number of urea groups is 1. The molecule has 3 atom stereocenters. The second-order valence-electron chi connectivity index (χ2n) is 11.9. The zero-order valence-corrected chi connectivity index (χ0v) is 25.4. The van der Waals surface area contributed by atoms with Crippen LogP contribution in [0.4, 0.5) is 25.0 Å². The van der Waals surface area contributed by atoms with Crippen molar-refractivity contribution in [2.24, 2.45) is 0 Å². The highest BCUT2D eigenvalue weighted by atomic mass is 32.2.